The molecule has 7 nitrogen and oxygen atoms in total. The van der Waals surface area contributed by atoms with Crippen LogP contribution in [-0.2, 0) is 9.53 Å². The number of amidine groups is 1. The largest absolute Gasteiger partial charge is 0.464 e. The third-order valence-corrected chi connectivity index (χ3v) is 6.14. The fourth-order valence-electron chi connectivity index (χ4n) is 4.45. The summed E-state index contributed by atoms with van der Waals surface area (Å²) >= 11 is 0. The normalized spacial score (nSPS) is 22.9. The molecule has 1 aromatic carbocycles. The number of hydrogen-bond donors (Lipinski definition) is 2. The Kier molecular flexibility index (Phi) is 6.48. The van der Waals surface area contributed by atoms with Gasteiger partial charge in [-0.3, -0.25) is 4.79 Å². The lowest BCUT2D eigenvalue weighted by Crippen LogP contribution is -2.55. The van der Waals surface area contributed by atoms with E-state index >= 15 is 0 Å². The Hall–Kier alpha value is -2.66. The quantitative estimate of drug-likeness (QED) is 0.738. The molecule has 0 aromatic heterocycles. The maximum absolute atomic E-state index is 13.7. The van der Waals surface area contributed by atoms with Crippen molar-refractivity contribution in [2.45, 2.75) is 38.1 Å². The van der Waals surface area contributed by atoms with Gasteiger partial charge in [0.25, 0.3) is 0 Å². The van der Waals surface area contributed by atoms with Crippen LogP contribution in [-0.4, -0.2) is 55.5 Å². The number of aliphatic imine (C=N–C) groups is 1. The van der Waals surface area contributed by atoms with Crippen molar-refractivity contribution in [1.29, 1.82) is 5.26 Å². The van der Waals surface area contributed by atoms with Crippen LogP contribution < -0.4 is 10.6 Å². The molecule has 2 aliphatic heterocycles. The molecule has 1 aromatic rings. The lowest BCUT2D eigenvalue weighted by Gasteiger charge is -2.38. The fraction of sp³-hybridized carbons (Fsp3) is 0.591. The number of nitrogens with one attached hydrogen (secondary N) is 2. The molecule has 4 rings (SSSR count). The lowest BCUT2D eigenvalue weighted by molar-refractivity contribution is -0.148. The topological polar surface area (TPSA) is 89.8 Å². The van der Waals surface area contributed by atoms with Gasteiger partial charge in [-0.1, -0.05) is 19.3 Å². The van der Waals surface area contributed by atoms with E-state index in [0.29, 0.717) is 42.8 Å². The zero-order valence-electron chi connectivity index (χ0n) is 17.1. The Bertz CT molecular complexity index is 840. The van der Waals surface area contributed by atoms with Crippen molar-refractivity contribution in [1.82, 2.24) is 10.2 Å². The minimum absolute atomic E-state index is 0.367. The van der Waals surface area contributed by atoms with Crippen LogP contribution in [0.5, 0.6) is 0 Å². The number of anilines is 1. The highest BCUT2D eigenvalue weighted by Crippen LogP contribution is 2.33. The first-order valence-electron chi connectivity index (χ1n) is 10.8. The first-order valence-corrected chi connectivity index (χ1v) is 10.8. The number of hydrogen-bond acceptors (Lipinski definition) is 7. The van der Waals surface area contributed by atoms with Crippen LogP contribution in [0.1, 0.15) is 32.1 Å². The average molecular weight is 413 g/mol. The Balaban J connectivity index is 1.55. The molecule has 2 heterocycles. The summed E-state index contributed by atoms with van der Waals surface area (Å²) in [6.45, 7) is 3.34. The van der Waals surface area contributed by atoms with Crippen molar-refractivity contribution in [3.63, 3.8) is 0 Å². The van der Waals surface area contributed by atoms with Crippen LogP contribution in [0.25, 0.3) is 0 Å². The molecule has 30 heavy (non-hydrogen) atoms. The van der Waals surface area contributed by atoms with E-state index in [2.05, 4.69) is 26.6 Å². The molecule has 2 fully saturated rings. The van der Waals surface area contributed by atoms with E-state index in [9.17, 15) is 14.4 Å². The second kappa shape index (κ2) is 9.43. The van der Waals surface area contributed by atoms with Crippen LogP contribution >= 0.6 is 0 Å². The Morgan fingerprint density at radius 1 is 1.30 bits per heavy atom. The highest BCUT2D eigenvalue weighted by atomic mass is 19.1. The van der Waals surface area contributed by atoms with E-state index in [-0.39, 0.29) is 5.82 Å². The number of rotatable bonds is 4. The molecule has 0 spiro atoms. The van der Waals surface area contributed by atoms with Gasteiger partial charge in [0.05, 0.1) is 24.1 Å². The van der Waals surface area contributed by atoms with Crippen molar-refractivity contribution >= 4 is 23.2 Å². The number of fused-ring (bicyclic) bond motifs is 1. The fourth-order valence-corrected chi connectivity index (χ4v) is 4.45. The average Bonchev–Trinajstić information content (AvgIpc) is 2.79. The first-order chi connectivity index (χ1) is 14.7. The third kappa shape index (κ3) is 4.57. The number of halogens is 1. The number of benzene rings is 1. The summed E-state index contributed by atoms with van der Waals surface area (Å²) in [5, 5.41) is 16.4. The van der Waals surface area contributed by atoms with Crippen LogP contribution in [0.15, 0.2) is 23.2 Å². The maximum atomic E-state index is 13.7. The van der Waals surface area contributed by atoms with Gasteiger partial charge in [0.2, 0.25) is 0 Å². The van der Waals surface area contributed by atoms with E-state index in [1.54, 1.807) is 6.07 Å². The number of ether oxygens (including phenoxy) is 1. The summed E-state index contributed by atoms with van der Waals surface area (Å²) < 4.78 is 19.3. The molecule has 3 aliphatic rings. The Morgan fingerprint density at radius 3 is 2.80 bits per heavy atom. The second-order valence-electron chi connectivity index (χ2n) is 8.23. The van der Waals surface area contributed by atoms with E-state index in [4.69, 9.17) is 4.74 Å². The Morgan fingerprint density at radius 2 is 2.07 bits per heavy atom. The van der Waals surface area contributed by atoms with Gasteiger partial charge in [-0.25, -0.2) is 9.38 Å². The highest BCUT2D eigenvalue weighted by molar-refractivity contribution is 6.00. The minimum Gasteiger partial charge on any atom is -0.464 e. The maximum Gasteiger partial charge on any atom is 0.325 e. The molecule has 0 radical (unpaired) electrons. The molecule has 1 saturated carbocycles. The molecule has 1 aliphatic carbocycles. The predicted molar refractivity (Wildman–Crippen MR) is 112 cm³/mol. The molecule has 0 amide bonds. The van der Waals surface area contributed by atoms with Gasteiger partial charge in [-0.2, -0.15) is 5.26 Å². The van der Waals surface area contributed by atoms with Gasteiger partial charge in [0, 0.05) is 32.2 Å². The van der Waals surface area contributed by atoms with E-state index < -0.39 is 17.9 Å². The molecule has 2 unspecified atom stereocenters. The summed E-state index contributed by atoms with van der Waals surface area (Å²) in [5.74, 6) is -0.947. The van der Waals surface area contributed by atoms with Crippen LogP contribution in [0.3, 0.4) is 0 Å². The van der Waals surface area contributed by atoms with Crippen molar-refractivity contribution < 1.29 is 13.9 Å². The second-order valence-corrected chi connectivity index (χ2v) is 8.23. The standard InChI is InChI=1S/C22H28FN5O2/c23-16-6-7-18-19(12-16)27-21(28-10-8-25-9-11-28)20(26-18)17(13-24)22(29)30-14-15-4-2-1-3-5-15/h6-7,12,15,17,20,25-26H,1-5,8-11,14H2. The third-order valence-electron chi connectivity index (χ3n) is 6.14. The zero-order valence-corrected chi connectivity index (χ0v) is 17.1. The SMILES string of the molecule is N#CC(C(=O)OCC1CCCCC1)C1Nc2ccc(F)cc2N=C1N1CCNCC1. The monoisotopic (exact) mass is 413 g/mol. The number of esters is 1. The van der Waals surface area contributed by atoms with Crippen LogP contribution in [0.2, 0.25) is 0 Å². The predicted octanol–water partition coefficient (Wildman–Crippen LogP) is 2.82. The summed E-state index contributed by atoms with van der Waals surface area (Å²) in [6, 6.07) is 5.81. The van der Waals surface area contributed by atoms with Crippen LogP contribution in [0, 0.1) is 29.0 Å². The lowest BCUT2D eigenvalue weighted by atomic mass is 9.90. The van der Waals surface area contributed by atoms with Crippen LogP contribution in [0.4, 0.5) is 15.8 Å². The summed E-state index contributed by atoms with van der Waals surface area (Å²) in [4.78, 5) is 19.6. The number of carbonyl (C=O) groups excluding carboxylic acids is 1. The summed E-state index contributed by atoms with van der Waals surface area (Å²) in [6.07, 6.45) is 5.71. The van der Waals surface area contributed by atoms with Crippen molar-refractivity contribution in [3.8, 4) is 6.07 Å². The molecule has 8 heteroatoms. The van der Waals surface area contributed by atoms with Crippen molar-refractivity contribution in [2.75, 3.05) is 38.1 Å². The molecule has 160 valence electrons. The van der Waals surface area contributed by atoms with Gasteiger partial charge >= 0.3 is 5.97 Å². The van der Waals surface area contributed by atoms with E-state index in [1.807, 2.05) is 0 Å². The van der Waals surface area contributed by atoms with E-state index in [0.717, 1.165) is 25.9 Å². The molecule has 2 N–H and O–H groups in total. The van der Waals surface area contributed by atoms with Gasteiger partial charge in [-0.15, -0.1) is 0 Å². The number of piperazine rings is 1. The van der Waals surface area contributed by atoms with Crippen molar-refractivity contribution in [3.05, 3.63) is 24.0 Å². The Labute approximate surface area is 176 Å². The van der Waals surface area contributed by atoms with E-state index in [1.165, 1.54) is 31.4 Å². The smallest absolute Gasteiger partial charge is 0.325 e. The number of nitriles is 1. The molecule has 2 atom stereocenters. The highest BCUT2D eigenvalue weighted by Gasteiger charge is 2.39. The first kappa shape index (κ1) is 20.6. The summed E-state index contributed by atoms with van der Waals surface area (Å²) in [5.41, 5.74) is 1.09. The number of carbonyl (C=O) groups is 1. The minimum atomic E-state index is -1.03. The number of nitrogens with zero attached hydrogens (tertiary/aromatic N) is 3. The van der Waals surface area contributed by atoms with Gasteiger partial charge in [0.1, 0.15) is 17.7 Å². The van der Waals surface area contributed by atoms with Gasteiger partial charge in [0.15, 0.2) is 5.92 Å². The van der Waals surface area contributed by atoms with Gasteiger partial charge in [-0.05, 0) is 30.9 Å². The molecule has 0 bridgehead atoms. The van der Waals surface area contributed by atoms with Crippen molar-refractivity contribution in [2.24, 2.45) is 16.8 Å². The molecule has 1 saturated heterocycles. The molecular weight excluding hydrogens is 385 g/mol. The molecular formula is C22H28FN5O2. The zero-order chi connectivity index (χ0) is 20.9. The van der Waals surface area contributed by atoms with Gasteiger partial charge < -0.3 is 20.3 Å². The summed E-state index contributed by atoms with van der Waals surface area (Å²) in [7, 11) is 0.